The number of rotatable bonds is 6. The van der Waals surface area contributed by atoms with Gasteiger partial charge in [-0.1, -0.05) is 17.7 Å². The summed E-state index contributed by atoms with van der Waals surface area (Å²) in [5.41, 5.74) is -0.751. The SMILES string of the molecule is C=CCNC(=O)C(C)OC(=O)c1ccc(Cl)cc1[N+](=O)[O-]. The normalized spacial score (nSPS) is 11.3. The number of esters is 1. The van der Waals surface area contributed by atoms with Gasteiger partial charge >= 0.3 is 5.97 Å². The highest BCUT2D eigenvalue weighted by Crippen LogP contribution is 2.24. The molecule has 0 spiro atoms. The van der Waals surface area contributed by atoms with Gasteiger partial charge in [0.15, 0.2) is 6.10 Å². The van der Waals surface area contributed by atoms with Crippen molar-refractivity contribution in [2.75, 3.05) is 6.54 Å². The van der Waals surface area contributed by atoms with Gasteiger partial charge in [0.05, 0.1) is 4.92 Å². The van der Waals surface area contributed by atoms with Gasteiger partial charge in [0.25, 0.3) is 11.6 Å². The number of carbonyl (C=O) groups excluding carboxylic acids is 2. The van der Waals surface area contributed by atoms with Crippen LogP contribution in [-0.2, 0) is 9.53 Å². The van der Waals surface area contributed by atoms with Gasteiger partial charge in [0.2, 0.25) is 0 Å². The molecule has 0 aromatic heterocycles. The minimum Gasteiger partial charge on any atom is -0.449 e. The Balaban J connectivity index is 2.87. The lowest BCUT2D eigenvalue weighted by molar-refractivity contribution is -0.385. The fourth-order valence-electron chi connectivity index (χ4n) is 1.42. The molecule has 0 aliphatic rings. The molecular weight excluding hydrogens is 300 g/mol. The average Bonchev–Trinajstić information content (AvgIpc) is 2.44. The lowest BCUT2D eigenvalue weighted by Crippen LogP contribution is -2.35. The van der Waals surface area contributed by atoms with E-state index in [1.54, 1.807) is 0 Å². The van der Waals surface area contributed by atoms with Crippen LogP contribution in [0.2, 0.25) is 5.02 Å². The van der Waals surface area contributed by atoms with E-state index < -0.39 is 28.6 Å². The Morgan fingerprint density at radius 2 is 2.24 bits per heavy atom. The number of hydrogen-bond acceptors (Lipinski definition) is 5. The van der Waals surface area contributed by atoms with Crippen LogP contribution in [0, 0.1) is 10.1 Å². The zero-order valence-electron chi connectivity index (χ0n) is 11.2. The number of nitro benzene ring substituents is 1. The van der Waals surface area contributed by atoms with Crippen LogP contribution in [0.4, 0.5) is 5.69 Å². The minimum atomic E-state index is -1.09. The van der Waals surface area contributed by atoms with Crippen LogP contribution in [0.3, 0.4) is 0 Å². The van der Waals surface area contributed by atoms with Crippen LogP contribution < -0.4 is 5.32 Å². The minimum absolute atomic E-state index is 0.120. The number of amides is 1. The molecule has 0 saturated carbocycles. The second-order valence-corrected chi connectivity index (χ2v) is 4.44. The number of nitrogens with one attached hydrogen (secondary N) is 1. The first-order valence-electron chi connectivity index (χ1n) is 5.90. The molecule has 0 fully saturated rings. The molecule has 1 atom stereocenters. The van der Waals surface area contributed by atoms with Gasteiger partial charge in [-0.25, -0.2) is 4.79 Å². The molecule has 0 aliphatic heterocycles. The zero-order valence-corrected chi connectivity index (χ0v) is 11.9. The van der Waals surface area contributed by atoms with Gasteiger partial charge in [0, 0.05) is 17.6 Å². The topological polar surface area (TPSA) is 98.5 Å². The quantitative estimate of drug-likeness (QED) is 0.375. The van der Waals surface area contributed by atoms with Crippen molar-refractivity contribution >= 4 is 29.2 Å². The van der Waals surface area contributed by atoms with E-state index in [0.717, 1.165) is 6.07 Å². The molecule has 1 N–H and O–H groups in total. The molecule has 0 heterocycles. The summed E-state index contributed by atoms with van der Waals surface area (Å²) in [7, 11) is 0. The molecule has 112 valence electrons. The zero-order chi connectivity index (χ0) is 16.0. The standard InChI is InChI=1S/C13H13ClN2O5/c1-3-6-15-12(17)8(2)21-13(18)10-5-4-9(14)7-11(10)16(19)20/h3-5,7-8H,1,6H2,2H3,(H,15,17). The lowest BCUT2D eigenvalue weighted by atomic mass is 10.2. The molecule has 1 aromatic rings. The van der Waals surface area contributed by atoms with Crippen molar-refractivity contribution in [3.8, 4) is 0 Å². The fraction of sp³-hybridized carbons (Fsp3) is 0.231. The highest BCUT2D eigenvalue weighted by molar-refractivity contribution is 6.31. The number of ether oxygens (including phenoxy) is 1. The van der Waals surface area contributed by atoms with E-state index in [9.17, 15) is 19.7 Å². The summed E-state index contributed by atoms with van der Waals surface area (Å²) < 4.78 is 4.89. The maximum absolute atomic E-state index is 11.9. The van der Waals surface area contributed by atoms with Crippen molar-refractivity contribution in [1.82, 2.24) is 5.32 Å². The van der Waals surface area contributed by atoms with Crippen molar-refractivity contribution in [2.24, 2.45) is 0 Å². The first kappa shape index (κ1) is 16.6. The Morgan fingerprint density at radius 1 is 1.57 bits per heavy atom. The molecular formula is C13H13ClN2O5. The van der Waals surface area contributed by atoms with Crippen LogP contribution >= 0.6 is 11.6 Å². The summed E-state index contributed by atoms with van der Waals surface area (Å²) in [4.78, 5) is 33.6. The third-order valence-electron chi connectivity index (χ3n) is 2.45. The lowest BCUT2D eigenvalue weighted by Gasteiger charge is -2.12. The van der Waals surface area contributed by atoms with E-state index in [0.29, 0.717) is 0 Å². The third-order valence-corrected chi connectivity index (χ3v) is 2.69. The second kappa shape index (κ2) is 7.39. The third kappa shape index (κ3) is 4.57. The van der Waals surface area contributed by atoms with Gasteiger partial charge in [-0.05, 0) is 19.1 Å². The van der Waals surface area contributed by atoms with E-state index in [2.05, 4.69) is 11.9 Å². The van der Waals surface area contributed by atoms with Crippen molar-refractivity contribution in [1.29, 1.82) is 0 Å². The maximum Gasteiger partial charge on any atom is 0.345 e. The number of halogens is 1. The van der Waals surface area contributed by atoms with Crippen LogP contribution in [-0.4, -0.2) is 29.4 Å². The van der Waals surface area contributed by atoms with E-state index in [-0.39, 0.29) is 17.1 Å². The molecule has 0 aliphatic carbocycles. The fourth-order valence-corrected chi connectivity index (χ4v) is 1.59. The Labute approximate surface area is 125 Å². The predicted octanol–water partition coefficient (Wildman–Crippen LogP) is 2.10. The molecule has 1 unspecified atom stereocenters. The second-order valence-electron chi connectivity index (χ2n) is 4.00. The van der Waals surface area contributed by atoms with Gasteiger partial charge in [-0.3, -0.25) is 14.9 Å². The molecule has 1 rings (SSSR count). The molecule has 0 radical (unpaired) electrons. The smallest absolute Gasteiger partial charge is 0.345 e. The van der Waals surface area contributed by atoms with E-state index in [4.69, 9.17) is 16.3 Å². The van der Waals surface area contributed by atoms with E-state index in [1.807, 2.05) is 0 Å². The summed E-state index contributed by atoms with van der Waals surface area (Å²) in [5, 5.41) is 13.5. The summed E-state index contributed by atoms with van der Waals surface area (Å²) in [6.45, 7) is 5.01. The highest BCUT2D eigenvalue weighted by atomic mass is 35.5. The van der Waals surface area contributed by atoms with Crippen molar-refractivity contribution in [3.05, 3.63) is 51.6 Å². The first-order valence-corrected chi connectivity index (χ1v) is 6.28. The molecule has 0 saturated heterocycles. The molecule has 8 heteroatoms. The van der Waals surface area contributed by atoms with Gasteiger partial charge in [-0.15, -0.1) is 6.58 Å². The van der Waals surface area contributed by atoms with Crippen LogP contribution in [0.25, 0.3) is 0 Å². The monoisotopic (exact) mass is 312 g/mol. The molecule has 7 nitrogen and oxygen atoms in total. The first-order chi connectivity index (χ1) is 9.86. The average molecular weight is 313 g/mol. The maximum atomic E-state index is 11.9. The summed E-state index contributed by atoms with van der Waals surface area (Å²) in [6.07, 6.45) is 0.379. The van der Waals surface area contributed by atoms with Crippen LogP contribution in [0.1, 0.15) is 17.3 Å². The van der Waals surface area contributed by atoms with E-state index >= 15 is 0 Å². The van der Waals surface area contributed by atoms with E-state index in [1.165, 1.54) is 25.1 Å². The Kier molecular flexibility index (Phi) is 5.86. The number of hydrogen-bond donors (Lipinski definition) is 1. The number of benzene rings is 1. The van der Waals surface area contributed by atoms with Crippen molar-refractivity contribution in [2.45, 2.75) is 13.0 Å². The van der Waals surface area contributed by atoms with Crippen molar-refractivity contribution in [3.63, 3.8) is 0 Å². The van der Waals surface area contributed by atoms with Crippen LogP contribution in [0.15, 0.2) is 30.9 Å². The summed E-state index contributed by atoms with van der Waals surface area (Å²) in [6, 6.07) is 3.55. The summed E-state index contributed by atoms with van der Waals surface area (Å²) >= 11 is 5.65. The number of carbonyl (C=O) groups is 2. The van der Waals surface area contributed by atoms with Crippen molar-refractivity contribution < 1.29 is 19.2 Å². The largest absolute Gasteiger partial charge is 0.449 e. The van der Waals surface area contributed by atoms with Gasteiger partial charge in [0.1, 0.15) is 5.56 Å². The number of nitro groups is 1. The Bertz CT molecular complexity index is 588. The molecule has 21 heavy (non-hydrogen) atoms. The Hall–Kier alpha value is -2.41. The summed E-state index contributed by atoms with van der Waals surface area (Å²) in [5.74, 6) is -1.50. The highest BCUT2D eigenvalue weighted by Gasteiger charge is 2.25. The van der Waals surface area contributed by atoms with Crippen LogP contribution in [0.5, 0.6) is 0 Å². The Morgan fingerprint density at radius 3 is 2.81 bits per heavy atom. The molecule has 1 aromatic carbocycles. The predicted molar refractivity (Wildman–Crippen MR) is 76.2 cm³/mol. The molecule has 1 amide bonds. The number of nitrogens with zero attached hydrogens (tertiary/aromatic N) is 1. The van der Waals surface area contributed by atoms with Gasteiger partial charge in [-0.2, -0.15) is 0 Å². The van der Waals surface area contributed by atoms with Gasteiger partial charge < -0.3 is 10.1 Å². The molecule has 0 bridgehead atoms.